The summed E-state index contributed by atoms with van der Waals surface area (Å²) >= 11 is 0. The van der Waals surface area contributed by atoms with Crippen molar-refractivity contribution in [1.29, 1.82) is 0 Å². The van der Waals surface area contributed by atoms with E-state index in [1.807, 2.05) is 31.7 Å². The SMILES string of the molecule is Cc1noc2nc(C(C)C)cc(C(=O)N3CCN(CC(N)=O)CC3)c12. The fourth-order valence-electron chi connectivity index (χ4n) is 3.08. The van der Waals surface area contributed by atoms with Gasteiger partial charge in [0.25, 0.3) is 11.6 Å². The number of piperazine rings is 1. The van der Waals surface area contributed by atoms with Crippen molar-refractivity contribution in [3.63, 3.8) is 0 Å². The maximum absolute atomic E-state index is 13.1. The minimum absolute atomic E-state index is 0.0562. The number of nitrogens with two attached hydrogens (primary N) is 1. The molecule has 3 rings (SSSR count). The minimum Gasteiger partial charge on any atom is -0.369 e. The number of fused-ring (bicyclic) bond motifs is 1. The minimum atomic E-state index is -0.350. The van der Waals surface area contributed by atoms with E-state index < -0.39 is 0 Å². The molecule has 0 aromatic carbocycles. The normalized spacial score (nSPS) is 15.9. The van der Waals surface area contributed by atoms with Gasteiger partial charge in [-0.3, -0.25) is 14.5 Å². The molecule has 2 aromatic heterocycles. The molecule has 25 heavy (non-hydrogen) atoms. The topological polar surface area (TPSA) is 106 Å². The molecule has 2 amide bonds. The highest BCUT2D eigenvalue weighted by molar-refractivity contribution is 6.06. The van der Waals surface area contributed by atoms with Crippen LogP contribution in [0.3, 0.4) is 0 Å². The van der Waals surface area contributed by atoms with Crippen molar-refractivity contribution in [3.05, 3.63) is 23.0 Å². The van der Waals surface area contributed by atoms with E-state index in [2.05, 4.69) is 10.1 Å². The van der Waals surface area contributed by atoms with Gasteiger partial charge in [0.15, 0.2) is 0 Å². The summed E-state index contributed by atoms with van der Waals surface area (Å²) < 4.78 is 5.29. The fourth-order valence-corrected chi connectivity index (χ4v) is 3.08. The maximum atomic E-state index is 13.1. The molecule has 0 atom stereocenters. The first kappa shape index (κ1) is 17.3. The summed E-state index contributed by atoms with van der Waals surface area (Å²) in [6.45, 7) is 8.44. The molecular formula is C17H23N5O3. The van der Waals surface area contributed by atoms with Gasteiger partial charge in [-0.2, -0.15) is 0 Å². The molecule has 8 nitrogen and oxygen atoms in total. The van der Waals surface area contributed by atoms with Gasteiger partial charge in [0.05, 0.1) is 23.2 Å². The molecule has 0 unspecified atom stereocenters. The highest BCUT2D eigenvalue weighted by Gasteiger charge is 2.26. The smallest absolute Gasteiger partial charge is 0.259 e. The number of aromatic nitrogens is 2. The van der Waals surface area contributed by atoms with Crippen molar-refractivity contribution in [2.75, 3.05) is 32.7 Å². The van der Waals surface area contributed by atoms with Crippen molar-refractivity contribution in [3.8, 4) is 0 Å². The van der Waals surface area contributed by atoms with Crippen LogP contribution in [-0.2, 0) is 4.79 Å². The Morgan fingerprint density at radius 1 is 1.28 bits per heavy atom. The first-order chi connectivity index (χ1) is 11.9. The van der Waals surface area contributed by atoms with Crippen LogP contribution in [0.5, 0.6) is 0 Å². The molecule has 1 fully saturated rings. The fraction of sp³-hybridized carbons (Fsp3) is 0.529. The Hall–Kier alpha value is -2.48. The van der Waals surface area contributed by atoms with E-state index in [4.69, 9.17) is 10.3 Å². The molecule has 2 N–H and O–H groups in total. The number of carbonyl (C=O) groups is 2. The predicted molar refractivity (Wildman–Crippen MR) is 92.2 cm³/mol. The summed E-state index contributed by atoms with van der Waals surface area (Å²) in [5, 5.41) is 4.64. The number of nitrogens with zero attached hydrogens (tertiary/aromatic N) is 4. The largest absolute Gasteiger partial charge is 0.369 e. The lowest BCUT2D eigenvalue weighted by Crippen LogP contribution is -2.50. The molecule has 3 heterocycles. The van der Waals surface area contributed by atoms with Crippen LogP contribution in [0.1, 0.15) is 41.5 Å². The van der Waals surface area contributed by atoms with Crippen LogP contribution < -0.4 is 5.73 Å². The first-order valence-electron chi connectivity index (χ1n) is 8.43. The van der Waals surface area contributed by atoms with Crippen LogP contribution >= 0.6 is 0 Å². The molecule has 0 radical (unpaired) electrons. The number of amides is 2. The van der Waals surface area contributed by atoms with Gasteiger partial charge in [0.1, 0.15) is 0 Å². The molecule has 134 valence electrons. The summed E-state index contributed by atoms with van der Waals surface area (Å²) in [6.07, 6.45) is 0. The van der Waals surface area contributed by atoms with Gasteiger partial charge in [0.2, 0.25) is 5.91 Å². The summed E-state index contributed by atoms with van der Waals surface area (Å²) in [5.74, 6) is -0.231. The summed E-state index contributed by atoms with van der Waals surface area (Å²) in [4.78, 5) is 32.3. The highest BCUT2D eigenvalue weighted by atomic mass is 16.5. The second-order valence-corrected chi connectivity index (χ2v) is 6.73. The van der Waals surface area contributed by atoms with Crippen molar-refractivity contribution < 1.29 is 14.1 Å². The lowest BCUT2D eigenvalue weighted by atomic mass is 10.0. The Bertz CT molecular complexity index is 806. The average molecular weight is 345 g/mol. The number of hydrogen-bond donors (Lipinski definition) is 1. The number of primary amides is 1. The van der Waals surface area contributed by atoms with Crippen LogP contribution in [0.2, 0.25) is 0 Å². The lowest BCUT2D eigenvalue weighted by molar-refractivity contribution is -0.119. The summed E-state index contributed by atoms with van der Waals surface area (Å²) in [7, 11) is 0. The molecule has 2 aromatic rings. The van der Waals surface area contributed by atoms with Crippen molar-refractivity contribution in [2.24, 2.45) is 5.73 Å². The van der Waals surface area contributed by atoms with Crippen LogP contribution in [0.25, 0.3) is 11.1 Å². The van der Waals surface area contributed by atoms with E-state index in [1.165, 1.54) is 0 Å². The second kappa shape index (κ2) is 6.79. The van der Waals surface area contributed by atoms with E-state index in [0.717, 1.165) is 5.69 Å². The molecule has 8 heteroatoms. The lowest BCUT2D eigenvalue weighted by Gasteiger charge is -2.34. The zero-order chi connectivity index (χ0) is 18.1. The zero-order valence-electron chi connectivity index (χ0n) is 14.8. The molecule has 0 saturated carbocycles. The third-order valence-electron chi connectivity index (χ3n) is 4.50. The third-order valence-corrected chi connectivity index (χ3v) is 4.50. The van der Waals surface area contributed by atoms with E-state index >= 15 is 0 Å². The van der Waals surface area contributed by atoms with Crippen molar-refractivity contribution in [1.82, 2.24) is 19.9 Å². The zero-order valence-corrected chi connectivity index (χ0v) is 14.8. The molecule has 1 aliphatic rings. The Kier molecular flexibility index (Phi) is 4.71. The van der Waals surface area contributed by atoms with Gasteiger partial charge >= 0.3 is 0 Å². The average Bonchev–Trinajstić information content (AvgIpc) is 2.95. The van der Waals surface area contributed by atoms with Gasteiger partial charge in [-0.1, -0.05) is 19.0 Å². The molecular weight excluding hydrogens is 322 g/mol. The Morgan fingerprint density at radius 2 is 1.96 bits per heavy atom. The van der Waals surface area contributed by atoms with Gasteiger partial charge in [-0.05, 0) is 18.9 Å². The summed E-state index contributed by atoms with van der Waals surface area (Å²) in [6, 6.07) is 1.84. The predicted octanol–water partition coefficient (Wildman–Crippen LogP) is 0.898. The van der Waals surface area contributed by atoms with Gasteiger partial charge in [-0.15, -0.1) is 0 Å². The molecule has 0 spiro atoms. The number of carbonyl (C=O) groups excluding carboxylic acids is 2. The van der Waals surface area contributed by atoms with Gasteiger partial charge in [-0.25, -0.2) is 4.98 Å². The number of pyridine rings is 1. The molecule has 0 aliphatic carbocycles. The highest BCUT2D eigenvalue weighted by Crippen LogP contribution is 2.26. The maximum Gasteiger partial charge on any atom is 0.259 e. The third kappa shape index (κ3) is 3.48. The van der Waals surface area contributed by atoms with Gasteiger partial charge in [0, 0.05) is 31.9 Å². The van der Waals surface area contributed by atoms with Crippen molar-refractivity contribution >= 4 is 22.9 Å². The molecule has 0 bridgehead atoms. The van der Waals surface area contributed by atoms with E-state index in [0.29, 0.717) is 48.5 Å². The standard InChI is InChI=1S/C17H23N5O3/c1-10(2)13-8-12(15-11(3)20-25-16(15)19-13)17(24)22-6-4-21(5-7-22)9-14(18)23/h8,10H,4-7,9H2,1-3H3,(H2,18,23). The Morgan fingerprint density at radius 3 is 2.56 bits per heavy atom. The van der Waals surface area contributed by atoms with Crippen LogP contribution in [0.15, 0.2) is 10.6 Å². The number of aryl methyl sites for hydroxylation is 1. The van der Waals surface area contributed by atoms with Gasteiger partial charge < -0.3 is 15.2 Å². The second-order valence-electron chi connectivity index (χ2n) is 6.73. The molecule has 1 saturated heterocycles. The monoisotopic (exact) mass is 345 g/mol. The van der Waals surface area contributed by atoms with Crippen LogP contribution in [-0.4, -0.2) is 64.5 Å². The summed E-state index contributed by atoms with van der Waals surface area (Å²) in [5.41, 5.74) is 7.68. The van der Waals surface area contributed by atoms with E-state index in [-0.39, 0.29) is 24.3 Å². The number of hydrogen-bond acceptors (Lipinski definition) is 6. The van der Waals surface area contributed by atoms with E-state index in [1.54, 1.807) is 4.90 Å². The number of rotatable bonds is 4. The van der Waals surface area contributed by atoms with E-state index in [9.17, 15) is 9.59 Å². The Labute approximate surface area is 145 Å². The first-order valence-corrected chi connectivity index (χ1v) is 8.43. The van der Waals surface area contributed by atoms with Crippen LogP contribution in [0.4, 0.5) is 0 Å². The quantitative estimate of drug-likeness (QED) is 0.882. The Balaban J connectivity index is 1.87. The van der Waals surface area contributed by atoms with Crippen LogP contribution in [0, 0.1) is 6.92 Å². The molecule has 1 aliphatic heterocycles. The van der Waals surface area contributed by atoms with Crippen molar-refractivity contribution in [2.45, 2.75) is 26.7 Å².